The topological polar surface area (TPSA) is 141 Å². The molecule has 0 bridgehead atoms. The van der Waals surface area contributed by atoms with Crippen LogP contribution in [0.5, 0.6) is 0 Å². The molecule has 4 heterocycles. The number of aromatic nitrogens is 7. The minimum Gasteiger partial charge on any atom is -0.395 e. The molecule has 11 nitrogen and oxygen atoms in total. The van der Waals surface area contributed by atoms with Crippen LogP contribution >= 0.6 is 11.9 Å². The molecule has 0 spiro atoms. The third-order valence-corrected chi connectivity index (χ3v) is 5.44. The highest BCUT2D eigenvalue weighted by Crippen LogP contribution is 2.25. The van der Waals surface area contributed by atoms with Crippen LogP contribution in [0.2, 0.25) is 0 Å². The summed E-state index contributed by atoms with van der Waals surface area (Å²) in [4.78, 5) is 25.2. The van der Waals surface area contributed by atoms with E-state index in [1.54, 1.807) is 24.8 Å². The van der Waals surface area contributed by atoms with E-state index in [1.807, 2.05) is 31.0 Å². The molecular weight excluding hydrogens is 428 g/mol. The Balaban J connectivity index is 1.50. The van der Waals surface area contributed by atoms with Gasteiger partial charge in [0.15, 0.2) is 17.3 Å². The SMILES string of the molecule is Cc1[nH]nc2nc(-c3cnc(NSc4cccnc4)cn3)nc(NCCN(C)CCO)c12. The largest absolute Gasteiger partial charge is 0.395 e. The summed E-state index contributed by atoms with van der Waals surface area (Å²) in [5.41, 5.74) is 2.00. The number of H-pyrrole nitrogens is 1. The molecule has 0 fully saturated rings. The Morgan fingerprint density at radius 1 is 1.16 bits per heavy atom. The van der Waals surface area contributed by atoms with Crippen LogP contribution in [-0.2, 0) is 0 Å². The lowest BCUT2D eigenvalue weighted by Gasteiger charge is -2.16. The number of aryl methyl sites for hydroxylation is 1. The zero-order valence-electron chi connectivity index (χ0n) is 17.8. The molecule has 0 unspecified atom stereocenters. The van der Waals surface area contributed by atoms with Crippen molar-refractivity contribution in [3.05, 3.63) is 42.6 Å². The molecular formula is C20H24N10OS. The number of aliphatic hydroxyl groups is 1. The van der Waals surface area contributed by atoms with Crippen molar-refractivity contribution in [2.24, 2.45) is 0 Å². The van der Waals surface area contributed by atoms with Crippen molar-refractivity contribution in [3.63, 3.8) is 0 Å². The molecule has 32 heavy (non-hydrogen) atoms. The number of likely N-dealkylation sites (N-methyl/N-ethyl adjacent to an activating group) is 1. The fraction of sp³-hybridized carbons (Fsp3) is 0.300. The molecule has 4 N–H and O–H groups in total. The second kappa shape index (κ2) is 10.3. The van der Waals surface area contributed by atoms with E-state index < -0.39 is 0 Å². The molecule has 0 amide bonds. The van der Waals surface area contributed by atoms with Crippen molar-refractivity contribution in [1.82, 2.24) is 40.0 Å². The van der Waals surface area contributed by atoms with Gasteiger partial charge in [0.25, 0.3) is 0 Å². The van der Waals surface area contributed by atoms with Crippen LogP contribution in [0.3, 0.4) is 0 Å². The van der Waals surface area contributed by atoms with E-state index in [1.165, 1.54) is 11.9 Å². The summed E-state index contributed by atoms with van der Waals surface area (Å²) < 4.78 is 3.14. The number of nitrogens with one attached hydrogen (secondary N) is 3. The predicted octanol–water partition coefficient (Wildman–Crippen LogP) is 1.97. The number of hydrogen-bond donors (Lipinski definition) is 4. The van der Waals surface area contributed by atoms with E-state index in [0.717, 1.165) is 22.5 Å². The van der Waals surface area contributed by atoms with E-state index in [0.29, 0.717) is 41.9 Å². The first-order valence-corrected chi connectivity index (χ1v) is 10.9. The third kappa shape index (κ3) is 5.28. The van der Waals surface area contributed by atoms with Crippen LogP contribution in [0.1, 0.15) is 5.69 Å². The van der Waals surface area contributed by atoms with Gasteiger partial charge < -0.3 is 20.0 Å². The van der Waals surface area contributed by atoms with Crippen molar-refractivity contribution >= 4 is 34.6 Å². The normalized spacial score (nSPS) is 11.2. The van der Waals surface area contributed by atoms with Crippen LogP contribution < -0.4 is 10.0 Å². The summed E-state index contributed by atoms with van der Waals surface area (Å²) >= 11 is 1.41. The highest BCUT2D eigenvalue weighted by molar-refractivity contribution is 8.00. The molecule has 0 aromatic carbocycles. The van der Waals surface area contributed by atoms with Gasteiger partial charge in [0.05, 0.1) is 24.4 Å². The molecule has 4 aromatic heterocycles. The Bertz CT molecular complexity index is 1150. The number of nitrogens with zero attached hydrogens (tertiary/aromatic N) is 7. The van der Waals surface area contributed by atoms with Gasteiger partial charge in [-0.3, -0.25) is 10.1 Å². The first-order chi connectivity index (χ1) is 15.6. The van der Waals surface area contributed by atoms with Crippen LogP contribution in [0.4, 0.5) is 11.6 Å². The average Bonchev–Trinajstić information content (AvgIpc) is 3.20. The summed E-state index contributed by atoms with van der Waals surface area (Å²) in [5, 5.41) is 20.5. The van der Waals surface area contributed by atoms with Crippen molar-refractivity contribution in [3.8, 4) is 11.5 Å². The average molecular weight is 453 g/mol. The molecule has 0 aliphatic rings. The van der Waals surface area contributed by atoms with Crippen molar-refractivity contribution in [2.75, 3.05) is 43.3 Å². The smallest absolute Gasteiger partial charge is 0.187 e. The molecule has 0 aliphatic carbocycles. The van der Waals surface area contributed by atoms with Crippen molar-refractivity contribution in [1.29, 1.82) is 0 Å². The Labute approximate surface area is 189 Å². The summed E-state index contributed by atoms with van der Waals surface area (Å²) in [6.07, 6.45) is 6.77. The zero-order valence-corrected chi connectivity index (χ0v) is 18.6. The molecule has 166 valence electrons. The number of anilines is 2. The molecule has 0 radical (unpaired) electrons. The van der Waals surface area contributed by atoms with E-state index in [2.05, 4.69) is 45.2 Å². The van der Waals surface area contributed by atoms with Crippen LogP contribution in [0, 0.1) is 6.92 Å². The van der Waals surface area contributed by atoms with Gasteiger partial charge in [0.1, 0.15) is 11.5 Å². The summed E-state index contributed by atoms with van der Waals surface area (Å²) in [6.45, 7) is 4.09. The number of pyridine rings is 1. The maximum Gasteiger partial charge on any atom is 0.187 e. The maximum absolute atomic E-state index is 9.06. The third-order valence-electron chi connectivity index (χ3n) is 4.65. The highest BCUT2D eigenvalue weighted by Gasteiger charge is 2.15. The molecule has 4 aromatic rings. The fourth-order valence-electron chi connectivity index (χ4n) is 2.97. The molecule has 0 atom stereocenters. The zero-order chi connectivity index (χ0) is 22.3. The van der Waals surface area contributed by atoms with E-state index >= 15 is 0 Å². The standard InChI is InChI=1S/C20H24N10OS/c1-13-17-19(22-6-7-30(2)8-9-31)25-18(26-20(17)28-27-13)15-11-24-16(12-23-15)29-32-14-4-3-5-21-10-14/h3-5,10-12,31H,6-9H2,1-2H3,(H,24,29)(H2,22,25,26,27,28). The lowest BCUT2D eigenvalue weighted by molar-refractivity contribution is 0.225. The molecule has 0 saturated carbocycles. The van der Waals surface area contributed by atoms with E-state index in [9.17, 15) is 0 Å². The highest BCUT2D eigenvalue weighted by atomic mass is 32.2. The predicted molar refractivity (Wildman–Crippen MR) is 124 cm³/mol. The Hall–Kier alpha value is -3.35. The van der Waals surface area contributed by atoms with E-state index in [-0.39, 0.29) is 6.61 Å². The van der Waals surface area contributed by atoms with Crippen molar-refractivity contribution < 1.29 is 5.11 Å². The number of hydrogen-bond acceptors (Lipinski definition) is 11. The van der Waals surface area contributed by atoms with Gasteiger partial charge in [-0.05, 0) is 38.1 Å². The minimum atomic E-state index is 0.128. The first-order valence-electron chi connectivity index (χ1n) is 10.1. The number of rotatable bonds is 10. The monoisotopic (exact) mass is 452 g/mol. The second-order valence-electron chi connectivity index (χ2n) is 7.08. The van der Waals surface area contributed by atoms with Gasteiger partial charge in [-0.1, -0.05) is 0 Å². The van der Waals surface area contributed by atoms with Crippen molar-refractivity contribution in [2.45, 2.75) is 11.8 Å². The van der Waals surface area contributed by atoms with E-state index in [4.69, 9.17) is 5.11 Å². The molecule has 0 aliphatic heterocycles. The molecule has 0 saturated heterocycles. The quantitative estimate of drug-likeness (QED) is 0.262. The minimum absolute atomic E-state index is 0.128. The lowest BCUT2D eigenvalue weighted by atomic mass is 10.3. The van der Waals surface area contributed by atoms with Crippen LogP contribution in [0.15, 0.2) is 41.8 Å². The fourth-order valence-corrected chi connectivity index (χ4v) is 3.56. The Morgan fingerprint density at radius 2 is 2.06 bits per heavy atom. The molecule has 12 heteroatoms. The second-order valence-corrected chi connectivity index (χ2v) is 7.96. The number of aromatic amines is 1. The number of fused-ring (bicyclic) bond motifs is 1. The van der Waals surface area contributed by atoms with Gasteiger partial charge in [-0.15, -0.1) is 0 Å². The Kier molecular flexibility index (Phi) is 7.04. The van der Waals surface area contributed by atoms with Gasteiger partial charge in [-0.2, -0.15) is 5.10 Å². The summed E-state index contributed by atoms with van der Waals surface area (Å²) in [5.74, 6) is 1.74. The Morgan fingerprint density at radius 3 is 2.81 bits per heavy atom. The van der Waals surface area contributed by atoms with Gasteiger partial charge in [0.2, 0.25) is 0 Å². The summed E-state index contributed by atoms with van der Waals surface area (Å²) in [6, 6.07) is 3.83. The molecule has 4 rings (SSSR count). The summed E-state index contributed by atoms with van der Waals surface area (Å²) in [7, 11) is 1.96. The maximum atomic E-state index is 9.06. The van der Waals surface area contributed by atoms with Gasteiger partial charge >= 0.3 is 0 Å². The van der Waals surface area contributed by atoms with Gasteiger partial charge in [-0.25, -0.2) is 19.9 Å². The lowest BCUT2D eigenvalue weighted by Crippen LogP contribution is -2.28. The first kappa shape index (κ1) is 21.9. The van der Waals surface area contributed by atoms with Gasteiger partial charge in [0, 0.05) is 42.6 Å². The van der Waals surface area contributed by atoms with Crippen LogP contribution in [-0.4, -0.2) is 78.4 Å². The van der Waals surface area contributed by atoms with Crippen LogP contribution in [0.25, 0.3) is 22.6 Å². The number of aliphatic hydroxyl groups excluding tert-OH is 1.